The Hall–Kier alpha value is -1.26. The lowest BCUT2D eigenvalue weighted by molar-refractivity contribution is 1.03. The Balaban J connectivity index is 1.92. The number of nitrogens with one attached hydrogen (secondary N) is 1. The van der Waals surface area contributed by atoms with Crippen LogP contribution in [0.25, 0.3) is 0 Å². The molecule has 0 saturated heterocycles. The molecule has 17 heavy (non-hydrogen) atoms. The van der Waals surface area contributed by atoms with Crippen LogP contribution in [0.1, 0.15) is 10.4 Å². The van der Waals surface area contributed by atoms with Crippen LogP contribution < -0.4 is 11.1 Å². The van der Waals surface area contributed by atoms with E-state index in [1.54, 1.807) is 17.5 Å². The monoisotopic (exact) mass is 267 g/mol. The van der Waals surface area contributed by atoms with Crippen molar-refractivity contribution in [3.8, 4) is 0 Å². The summed E-state index contributed by atoms with van der Waals surface area (Å²) in [5.74, 6) is 0.757. The molecule has 0 aliphatic carbocycles. The van der Waals surface area contributed by atoms with Crippen LogP contribution in [0.2, 0.25) is 4.34 Å². The molecule has 0 amide bonds. The molecular formula is C12H14ClN3S. The van der Waals surface area contributed by atoms with E-state index in [1.165, 1.54) is 4.88 Å². The van der Waals surface area contributed by atoms with Gasteiger partial charge in [-0.3, -0.25) is 0 Å². The number of nitrogen functional groups attached to an aromatic ring is 1. The normalized spacial score (nSPS) is 10.5. The lowest BCUT2D eigenvalue weighted by Crippen LogP contribution is -2.08. The van der Waals surface area contributed by atoms with Gasteiger partial charge in [-0.2, -0.15) is 0 Å². The highest BCUT2D eigenvalue weighted by atomic mass is 35.5. The number of anilines is 2. The van der Waals surface area contributed by atoms with Gasteiger partial charge in [-0.15, -0.1) is 11.3 Å². The summed E-state index contributed by atoms with van der Waals surface area (Å²) in [5, 5.41) is 3.24. The van der Waals surface area contributed by atoms with Gasteiger partial charge in [0.25, 0.3) is 0 Å². The van der Waals surface area contributed by atoms with Gasteiger partial charge in [0.1, 0.15) is 5.82 Å². The molecule has 3 nitrogen and oxygen atoms in total. The van der Waals surface area contributed by atoms with E-state index in [2.05, 4.69) is 10.3 Å². The summed E-state index contributed by atoms with van der Waals surface area (Å²) < 4.78 is 0.827. The second-order valence-electron chi connectivity index (χ2n) is 3.77. The molecule has 2 aromatic rings. The minimum atomic E-state index is 0.719. The fraction of sp³-hybridized carbons (Fsp3) is 0.250. The van der Waals surface area contributed by atoms with Crippen LogP contribution >= 0.6 is 22.9 Å². The van der Waals surface area contributed by atoms with Gasteiger partial charge >= 0.3 is 0 Å². The highest BCUT2D eigenvalue weighted by molar-refractivity contribution is 7.16. The van der Waals surface area contributed by atoms with Crippen molar-refractivity contribution in [2.75, 3.05) is 17.6 Å². The third-order valence-electron chi connectivity index (χ3n) is 2.50. The zero-order valence-electron chi connectivity index (χ0n) is 9.53. The third-order valence-corrected chi connectivity index (χ3v) is 3.79. The summed E-state index contributed by atoms with van der Waals surface area (Å²) >= 11 is 7.47. The first-order valence-corrected chi connectivity index (χ1v) is 6.55. The predicted molar refractivity (Wildman–Crippen MR) is 74.9 cm³/mol. The molecule has 0 radical (unpaired) electrons. The number of hydrogen-bond acceptors (Lipinski definition) is 4. The van der Waals surface area contributed by atoms with Crippen molar-refractivity contribution in [2.45, 2.75) is 13.3 Å². The zero-order valence-corrected chi connectivity index (χ0v) is 11.1. The highest BCUT2D eigenvalue weighted by Crippen LogP contribution is 2.22. The Morgan fingerprint density at radius 1 is 1.41 bits per heavy atom. The van der Waals surface area contributed by atoms with Crippen LogP contribution in [0, 0.1) is 6.92 Å². The Bertz CT molecular complexity index is 510. The summed E-state index contributed by atoms with van der Waals surface area (Å²) in [6.07, 6.45) is 2.68. The minimum Gasteiger partial charge on any atom is -0.396 e. The molecule has 2 rings (SSSR count). The molecule has 0 fully saturated rings. The average Bonchev–Trinajstić information content (AvgIpc) is 2.70. The largest absolute Gasteiger partial charge is 0.396 e. The Morgan fingerprint density at radius 2 is 2.24 bits per heavy atom. The number of nitrogens with two attached hydrogens (primary N) is 1. The summed E-state index contributed by atoms with van der Waals surface area (Å²) in [7, 11) is 0. The van der Waals surface area contributed by atoms with Crippen molar-refractivity contribution in [2.24, 2.45) is 0 Å². The van der Waals surface area contributed by atoms with Crippen LogP contribution in [0.5, 0.6) is 0 Å². The number of thiophene rings is 1. The fourth-order valence-electron chi connectivity index (χ4n) is 1.50. The quantitative estimate of drug-likeness (QED) is 0.893. The number of hydrogen-bond donors (Lipinski definition) is 2. The van der Waals surface area contributed by atoms with Crippen LogP contribution in [-0.4, -0.2) is 11.5 Å². The molecule has 0 aliphatic rings. The molecule has 0 spiro atoms. The predicted octanol–water partition coefficient (Wildman–Crippen LogP) is 3.34. The maximum absolute atomic E-state index is 5.92. The number of halogens is 1. The van der Waals surface area contributed by atoms with E-state index in [-0.39, 0.29) is 0 Å². The van der Waals surface area contributed by atoms with Gasteiger partial charge in [0, 0.05) is 17.6 Å². The fourth-order valence-corrected chi connectivity index (χ4v) is 2.59. The Morgan fingerprint density at radius 3 is 2.94 bits per heavy atom. The third kappa shape index (κ3) is 3.11. The number of nitrogens with zero attached hydrogens (tertiary/aromatic N) is 1. The lowest BCUT2D eigenvalue weighted by Gasteiger charge is -2.09. The van der Waals surface area contributed by atoms with E-state index in [9.17, 15) is 0 Å². The number of aromatic nitrogens is 1. The van der Waals surface area contributed by atoms with Crippen LogP contribution in [0.15, 0.2) is 24.4 Å². The summed E-state index contributed by atoms with van der Waals surface area (Å²) in [6.45, 7) is 2.78. The lowest BCUT2D eigenvalue weighted by atomic mass is 10.2. The summed E-state index contributed by atoms with van der Waals surface area (Å²) in [4.78, 5) is 5.47. The standard InChI is InChI=1S/C12H14ClN3S/c1-8-4-6-15-12(11(8)14)16-7-5-9-2-3-10(13)17-9/h2-4,6H,5,7,14H2,1H3,(H,15,16). The van der Waals surface area contributed by atoms with Crippen molar-refractivity contribution in [1.29, 1.82) is 0 Å². The SMILES string of the molecule is Cc1ccnc(NCCc2ccc(Cl)s2)c1N. The number of pyridine rings is 1. The molecular weight excluding hydrogens is 254 g/mol. The van der Waals surface area contributed by atoms with Crippen molar-refractivity contribution in [3.05, 3.63) is 39.2 Å². The minimum absolute atomic E-state index is 0.719. The molecule has 2 heterocycles. The first-order chi connectivity index (χ1) is 8.16. The van der Waals surface area contributed by atoms with Gasteiger partial charge in [0.05, 0.1) is 10.0 Å². The van der Waals surface area contributed by atoms with Gasteiger partial charge in [-0.1, -0.05) is 11.6 Å². The molecule has 0 saturated carbocycles. The molecule has 90 valence electrons. The average molecular weight is 268 g/mol. The highest BCUT2D eigenvalue weighted by Gasteiger charge is 2.03. The molecule has 5 heteroatoms. The molecule has 0 aliphatic heterocycles. The smallest absolute Gasteiger partial charge is 0.149 e. The second-order valence-corrected chi connectivity index (χ2v) is 5.57. The molecule has 2 aromatic heterocycles. The van der Waals surface area contributed by atoms with Gasteiger partial charge in [-0.25, -0.2) is 4.98 Å². The number of rotatable bonds is 4. The number of aryl methyl sites for hydroxylation is 1. The first kappa shape index (κ1) is 12.2. The van der Waals surface area contributed by atoms with Crippen LogP contribution in [0.3, 0.4) is 0 Å². The van der Waals surface area contributed by atoms with Crippen molar-refractivity contribution < 1.29 is 0 Å². The van der Waals surface area contributed by atoms with Gasteiger partial charge in [0.2, 0.25) is 0 Å². The second kappa shape index (κ2) is 5.38. The Kier molecular flexibility index (Phi) is 3.86. The summed E-state index contributed by atoms with van der Waals surface area (Å²) in [5.41, 5.74) is 7.69. The maximum Gasteiger partial charge on any atom is 0.149 e. The van der Waals surface area contributed by atoms with E-state index in [0.29, 0.717) is 0 Å². The molecule has 0 unspecified atom stereocenters. The van der Waals surface area contributed by atoms with Gasteiger partial charge in [-0.05, 0) is 37.1 Å². The van der Waals surface area contributed by atoms with Gasteiger partial charge in [0.15, 0.2) is 0 Å². The van der Waals surface area contributed by atoms with Crippen molar-refractivity contribution in [3.63, 3.8) is 0 Å². The van der Waals surface area contributed by atoms with Crippen LogP contribution in [-0.2, 0) is 6.42 Å². The van der Waals surface area contributed by atoms with E-state index < -0.39 is 0 Å². The molecule has 3 N–H and O–H groups in total. The van der Waals surface area contributed by atoms with E-state index >= 15 is 0 Å². The van der Waals surface area contributed by atoms with E-state index in [4.69, 9.17) is 17.3 Å². The van der Waals surface area contributed by atoms with E-state index in [0.717, 1.165) is 34.4 Å². The summed E-state index contributed by atoms with van der Waals surface area (Å²) in [6, 6.07) is 5.86. The molecule has 0 atom stereocenters. The van der Waals surface area contributed by atoms with Crippen molar-refractivity contribution in [1.82, 2.24) is 4.98 Å². The van der Waals surface area contributed by atoms with Gasteiger partial charge < -0.3 is 11.1 Å². The van der Waals surface area contributed by atoms with Crippen molar-refractivity contribution >= 4 is 34.4 Å². The maximum atomic E-state index is 5.92. The van der Waals surface area contributed by atoms with Crippen LogP contribution in [0.4, 0.5) is 11.5 Å². The zero-order chi connectivity index (χ0) is 12.3. The van der Waals surface area contributed by atoms with E-state index in [1.807, 2.05) is 25.1 Å². The Labute approximate surface area is 110 Å². The molecule has 0 aromatic carbocycles. The first-order valence-electron chi connectivity index (χ1n) is 5.36. The molecule has 0 bridgehead atoms. The topological polar surface area (TPSA) is 50.9 Å².